The van der Waals surface area contributed by atoms with E-state index in [0.717, 1.165) is 5.56 Å². The molecular weight excluding hydrogens is 394 g/mol. The summed E-state index contributed by atoms with van der Waals surface area (Å²) in [4.78, 5) is 27.3. The molecule has 31 heavy (non-hydrogen) atoms. The van der Waals surface area contributed by atoms with Gasteiger partial charge in [0.25, 0.3) is 11.7 Å². The highest BCUT2D eigenvalue weighted by atomic mass is 16.5. The smallest absolute Gasteiger partial charge is 0.295 e. The summed E-state index contributed by atoms with van der Waals surface area (Å²) in [7, 11) is 1.57. The second kappa shape index (κ2) is 9.51. The van der Waals surface area contributed by atoms with E-state index >= 15 is 0 Å². The molecule has 162 valence electrons. The number of ether oxygens (including phenoxy) is 2. The first kappa shape index (κ1) is 22.2. The number of benzene rings is 2. The monoisotopic (exact) mass is 421 g/mol. The lowest BCUT2D eigenvalue weighted by Gasteiger charge is -2.25. The van der Waals surface area contributed by atoms with E-state index in [1.54, 1.807) is 49.6 Å². The maximum Gasteiger partial charge on any atom is 0.295 e. The molecule has 6 nitrogen and oxygen atoms in total. The molecule has 0 aliphatic carbocycles. The molecule has 2 aromatic carbocycles. The molecule has 0 radical (unpaired) electrons. The van der Waals surface area contributed by atoms with Crippen LogP contribution in [-0.2, 0) is 9.59 Å². The van der Waals surface area contributed by atoms with Gasteiger partial charge in [0.1, 0.15) is 23.9 Å². The van der Waals surface area contributed by atoms with Crippen molar-refractivity contribution < 1.29 is 24.2 Å². The topological polar surface area (TPSA) is 76.1 Å². The lowest BCUT2D eigenvalue weighted by Crippen LogP contribution is -2.30. The number of Topliss-reactive ketones (excluding diaryl/α,β-unsaturated/α-hetero) is 1. The summed E-state index contributed by atoms with van der Waals surface area (Å²) in [5.41, 5.74) is 2.03. The van der Waals surface area contributed by atoms with Crippen molar-refractivity contribution in [3.05, 3.63) is 77.4 Å². The molecule has 6 heteroatoms. The van der Waals surface area contributed by atoms with Crippen LogP contribution in [0.1, 0.15) is 36.1 Å². The number of aryl methyl sites for hydroxylation is 1. The number of nitrogens with zero attached hydrogens (tertiary/aromatic N) is 1. The highest BCUT2D eigenvalue weighted by molar-refractivity contribution is 6.46. The highest BCUT2D eigenvalue weighted by Crippen LogP contribution is 2.40. The van der Waals surface area contributed by atoms with Crippen LogP contribution in [-0.4, -0.2) is 42.0 Å². The molecular formula is C25H27NO5. The summed E-state index contributed by atoms with van der Waals surface area (Å²) in [5, 5.41) is 11.1. The molecule has 1 N–H and O–H groups in total. The summed E-state index contributed by atoms with van der Waals surface area (Å²) in [6.07, 6.45) is 2.32. The first-order valence-electron chi connectivity index (χ1n) is 10.2. The van der Waals surface area contributed by atoms with Gasteiger partial charge in [-0.25, -0.2) is 0 Å². The summed E-state index contributed by atoms with van der Waals surface area (Å²) in [6, 6.07) is 11.7. The fourth-order valence-electron chi connectivity index (χ4n) is 3.81. The van der Waals surface area contributed by atoms with E-state index < -0.39 is 17.7 Å². The minimum Gasteiger partial charge on any atom is -0.507 e. The van der Waals surface area contributed by atoms with Crippen molar-refractivity contribution in [2.45, 2.75) is 26.3 Å². The summed E-state index contributed by atoms with van der Waals surface area (Å²) in [6.45, 7) is 8.17. The molecule has 1 saturated heterocycles. The molecule has 3 rings (SSSR count). The Bertz CT molecular complexity index is 1040. The number of amides is 1. The number of hydrogen-bond donors (Lipinski definition) is 1. The number of aliphatic hydroxyl groups excluding tert-OH is 1. The van der Waals surface area contributed by atoms with Gasteiger partial charge in [-0.3, -0.25) is 9.59 Å². The van der Waals surface area contributed by atoms with Gasteiger partial charge in [-0.1, -0.05) is 31.7 Å². The largest absolute Gasteiger partial charge is 0.507 e. The third kappa shape index (κ3) is 4.33. The lowest BCUT2D eigenvalue weighted by atomic mass is 9.94. The van der Waals surface area contributed by atoms with E-state index in [4.69, 9.17) is 9.47 Å². The van der Waals surface area contributed by atoms with Crippen molar-refractivity contribution in [1.29, 1.82) is 0 Å². The number of likely N-dealkylation sites (tertiary alicyclic amines) is 1. The molecule has 1 heterocycles. The molecule has 0 spiro atoms. The number of carbonyl (C=O) groups is 2. The molecule has 2 aromatic rings. The fraction of sp³-hybridized carbons (Fsp3) is 0.280. The second-order valence-electron chi connectivity index (χ2n) is 7.35. The van der Waals surface area contributed by atoms with Crippen LogP contribution in [0.25, 0.3) is 5.76 Å². The van der Waals surface area contributed by atoms with Crippen LogP contribution in [0.15, 0.2) is 60.7 Å². The minimum atomic E-state index is -0.699. The van der Waals surface area contributed by atoms with Gasteiger partial charge in [0.05, 0.1) is 18.7 Å². The molecule has 1 aliphatic heterocycles. The zero-order valence-corrected chi connectivity index (χ0v) is 18.1. The maximum atomic E-state index is 13.0. The van der Waals surface area contributed by atoms with Gasteiger partial charge in [0.2, 0.25) is 0 Å². The molecule has 0 saturated carbocycles. The highest BCUT2D eigenvalue weighted by Gasteiger charge is 2.45. The first-order chi connectivity index (χ1) is 14.9. The molecule has 1 atom stereocenters. The average Bonchev–Trinajstić information content (AvgIpc) is 3.02. The van der Waals surface area contributed by atoms with Crippen molar-refractivity contribution in [3.63, 3.8) is 0 Å². The van der Waals surface area contributed by atoms with Crippen molar-refractivity contribution in [2.24, 2.45) is 0 Å². The van der Waals surface area contributed by atoms with E-state index in [9.17, 15) is 14.7 Å². The van der Waals surface area contributed by atoms with Crippen molar-refractivity contribution in [2.75, 3.05) is 20.3 Å². The Morgan fingerprint density at radius 1 is 1.23 bits per heavy atom. The van der Waals surface area contributed by atoms with Crippen molar-refractivity contribution in [1.82, 2.24) is 4.90 Å². The number of carbonyl (C=O) groups excluding carboxylic acids is 2. The normalized spacial score (nSPS) is 17.6. The fourth-order valence-corrected chi connectivity index (χ4v) is 3.81. The number of methoxy groups -OCH3 is 1. The molecule has 1 fully saturated rings. The van der Waals surface area contributed by atoms with Crippen LogP contribution >= 0.6 is 0 Å². The van der Waals surface area contributed by atoms with Crippen LogP contribution in [0.2, 0.25) is 0 Å². The van der Waals surface area contributed by atoms with Gasteiger partial charge in [0.15, 0.2) is 0 Å². The molecule has 1 aliphatic rings. The SMILES string of the molecule is C=CCOc1cccc(C2/C(=C(\O)c3ccc(OC)c(C)c3)C(=O)C(=O)N2CCC)c1. The van der Waals surface area contributed by atoms with Gasteiger partial charge in [-0.2, -0.15) is 0 Å². The number of hydrogen-bond acceptors (Lipinski definition) is 5. The summed E-state index contributed by atoms with van der Waals surface area (Å²) < 4.78 is 10.9. The van der Waals surface area contributed by atoms with E-state index in [1.165, 1.54) is 4.90 Å². The Morgan fingerprint density at radius 3 is 2.65 bits per heavy atom. The van der Waals surface area contributed by atoms with Gasteiger partial charge in [-0.15, -0.1) is 0 Å². The number of ketones is 1. The molecule has 1 amide bonds. The average molecular weight is 421 g/mol. The Hall–Kier alpha value is -3.54. The maximum absolute atomic E-state index is 13.0. The Kier molecular flexibility index (Phi) is 6.80. The van der Waals surface area contributed by atoms with E-state index in [0.29, 0.717) is 42.2 Å². The molecule has 0 aromatic heterocycles. The predicted molar refractivity (Wildman–Crippen MR) is 119 cm³/mol. The Labute approximate surface area is 182 Å². The van der Waals surface area contributed by atoms with Gasteiger partial charge in [0, 0.05) is 12.1 Å². The second-order valence-corrected chi connectivity index (χ2v) is 7.35. The zero-order valence-electron chi connectivity index (χ0n) is 18.1. The third-order valence-electron chi connectivity index (χ3n) is 5.21. The summed E-state index contributed by atoms with van der Waals surface area (Å²) >= 11 is 0. The van der Waals surface area contributed by atoms with Crippen molar-refractivity contribution >= 4 is 17.4 Å². The Balaban J connectivity index is 2.15. The standard InChI is InChI=1S/C25H27NO5/c1-5-12-26-22(17-8-7-9-19(15-17)31-13-6-2)21(24(28)25(26)29)23(27)18-10-11-20(30-4)16(3)14-18/h6-11,14-15,22,27H,2,5,12-13H2,1,3-4H3/b23-21+. The quantitative estimate of drug-likeness (QED) is 0.296. The zero-order chi connectivity index (χ0) is 22.5. The minimum absolute atomic E-state index is 0.0730. The molecule has 0 bridgehead atoms. The van der Waals surface area contributed by atoms with Crippen LogP contribution in [0, 0.1) is 6.92 Å². The third-order valence-corrected chi connectivity index (χ3v) is 5.21. The van der Waals surface area contributed by atoms with E-state index in [1.807, 2.05) is 19.9 Å². The van der Waals surface area contributed by atoms with E-state index in [2.05, 4.69) is 6.58 Å². The lowest BCUT2D eigenvalue weighted by molar-refractivity contribution is -0.139. The number of aliphatic hydroxyl groups is 1. The predicted octanol–water partition coefficient (Wildman–Crippen LogP) is 4.40. The van der Waals surface area contributed by atoms with Crippen LogP contribution in [0.4, 0.5) is 0 Å². The van der Waals surface area contributed by atoms with Gasteiger partial charge < -0.3 is 19.5 Å². The van der Waals surface area contributed by atoms with Crippen LogP contribution in [0.5, 0.6) is 11.5 Å². The first-order valence-corrected chi connectivity index (χ1v) is 10.2. The Morgan fingerprint density at radius 2 is 2.00 bits per heavy atom. The van der Waals surface area contributed by atoms with E-state index in [-0.39, 0.29) is 11.3 Å². The van der Waals surface area contributed by atoms with Gasteiger partial charge >= 0.3 is 0 Å². The van der Waals surface area contributed by atoms with Crippen LogP contribution in [0.3, 0.4) is 0 Å². The van der Waals surface area contributed by atoms with Gasteiger partial charge in [-0.05, 0) is 54.8 Å². The summed E-state index contributed by atoms with van der Waals surface area (Å²) in [5.74, 6) is -0.241. The number of rotatable bonds is 8. The van der Waals surface area contributed by atoms with Crippen molar-refractivity contribution in [3.8, 4) is 11.5 Å². The molecule has 1 unspecified atom stereocenters. The van der Waals surface area contributed by atoms with Crippen LogP contribution < -0.4 is 9.47 Å².